The van der Waals surface area contributed by atoms with Crippen molar-refractivity contribution in [2.75, 3.05) is 27.3 Å². The van der Waals surface area contributed by atoms with Crippen molar-refractivity contribution in [2.45, 2.75) is 12.8 Å². The Morgan fingerprint density at radius 2 is 1.76 bits per heavy atom. The molecular formula is C16H23N3O2. The minimum atomic E-state index is 0.769. The minimum Gasteiger partial charge on any atom is -0.493 e. The van der Waals surface area contributed by atoms with E-state index in [2.05, 4.69) is 22.7 Å². The molecule has 0 fully saturated rings. The summed E-state index contributed by atoms with van der Waals surface area (Å²) in [6.45, 7) is 1.90. The van der Waals surface area contributed by atoms with Crippen LogP contribution >= 0.6 is 0 Å². The monoisotopic (exact) mass is 289 g/mol. The summed E-state index contributed by atoms with van der Waals surface area (Å²) in [6, 6.07) is 6.05. The van der Waals surface area contributed by atoms with E-state index in [0.29, 0.717) is 0 Å². The second kappa shape index (κ2) is 7.69. The van der Waals surface area contributed by atoms with Crippen molar-refractivity contribution in [3.63, 3.8) is 0 Å². The molecule has 0 saturated carbocycles. The minimum absolute atomic E-state index is 0.769. The molecule has 2 rings (SSSR count). The highest BCUT2D eigenvalue weighted by Crippen LogP contribution is 2.27. The van der Waals surface area contributed by atoms with Gasteiger partial charge in [-0.25, -0.2) is 0 Å². The van der Waals surface area contributed by atoms with Gasteiger partial charge in [-0.3, -0.25) is 4.68 Å². The van der Waals surface area contributed by atoms with E-state index in [-0.39, 0.29) is 0 Å². The molecule has 0 aliphatic carbocycles. The van der Waals surface area contributed by atoms with Gasteiger partial charge in [0.05, 0.1) is 20.4 Å². The van der Waals surface area contributed by atoms with Crippen LogP contribution in [0.4, 0.5) is 0 Å². The first kappa shape index (κ1) is 15.4. The lowest BCUT2D eigenvalue weighted by atomic mass is 10.1. The first-order valence-electron chi connectivity index (χ1n) is 7.12. The number of ether oxygens (including phenoxy) is 2. The van der Waals surface area contributed by atoms with E-state index >= 15 is 0 Å². The van der Waals surface area contributed by atoms with E-state index in [9.17, 15) is 0 Å². The summed E-state index contributed by atoms with van der Waals surface area (Å²) >= 11 is 0. The number of aromatic nitrogens is 2. The predicted molar refractivity (Wildman–Crippen MR) is 83.0 cm³/mol. The third kappa shape index (κ3) is 4.49. The molecule has 0 unspecified atom stereocenters. The first-order chi connectivity index (χ1) is 10.2. The van der Waals surface area contributed by atoms with Gasteiger partial charge in [-0.1, -0.05) is 6.07 Å². The van der Waals surface area contributed by atoms with E-state index in [1.807, 2.05) is 30.1 Å². The van der Waals surface area contributed by atoms with Gasteiger partial charge in [0.15, 0.2) is 11.5 Å². The molecule has 0 atom stereocenters. The van der Waals surface area contributed by atoms with Gasteiger partial charge in [-0.15, -0.1) is 0 Å². The van der Waals surface area contributed by atoms with E-state index in [0.717, 1.165) is 37.4 Å². The number of hydrogen-bond donors (Lipinski definition) is 1. The molecular weight excluding hydrogens is 266 g/mol. The van der Waals surface area contributed by atoms with Crippen LogP contribution in [0.5, 0.6) is 11.5 Å². The highest BCUT2D eigenvalue weighted by atomic mass is 16.5. The SMILES string of the molecule is COc1ccc(CCNCCc2cnn(C)c2)cc1OC. The second-order valence-corrected chi connectivity index (χ2v) is 4.96. The second-order valence-electron chi connectivity index (χ2n) is 4.96. The van der Waals surface area contributed by atoms with E-state index < -0.39 is 0 Å². The summed E-state index contributed by atoms with van der Waals surface area (Å²) in [5.74, 6) is 1.55. The topological polar surface area (TPSA) is 48.3 Å². The molecule has 0 amide bonds. The highest BCUT2D eigenvalue weighted by Gasteiger charge is 2.04. The zero-order chi connectivity index (χ0) is 15.1. The summed E-state index contributed by atoms with van der Waals surface area (Å²) in [5, 5.41) is 7.61. The summed E-state index contributed by atoms with van der Waals surface area (Å²) in [7, 11) is 5.25. The molecule has 2 aromatic rings. The fourth-order valence-corrected chi connectivity index (χ4v) is 2.23. The maximum Gasteiger partial charge on any atom is 0.160 e. The van der Waals surface area contributed by atoms with Crippen LogP contribution in [0.15, 0.2) is 30.6 Å². The molecule has 0 bridgehead atoms. The Balaban J connectivity index is 1.73. The van der Waals surface area contributed by atoms with Crippen molar-refractivity contribution < 1.29 is 9.47 Å². The third-order valence-electron chi connectivity index (χ3n) is 3.39. The van der Waals surface area contributed by atoms with Crippen LogP contribution in [0, 0.1) is 0 Å². The zero-order valence-corrected chi connectivity index (χ0v) is 12.9. The van der Waals surface area contributed by atoms with Crippen molar-refractivity contribution in [2.24, 2.45) is 7.05 Å². The lowest BCUT2D eigenvalue weighted by molar-refractivity contribution is 0.354. The lowest BCUT2D eigenvalue weighted by Crippen LogP contribution is -2.20. The Morgan fingerprint density at radius 3 is 2.38 bits per heavy atom. The number of aryl methyl sites for hydroxylation is 1. The molecule has 1 aromatic heterocycles. The van der Waals surface area contributed by atoms with Crippen LogP contribution in [0.25, 0.3) is 0 Å². The molecule has 1 N–H and O–H groups in total. The van der Waals surface area contributed by atoms with Crippen molar-refractivity contribution in [3.05, 3.63) is 41.7 Å². The Morgan fingerprint density at radius 1 is 1.05 bits per heavy atom. The van der Waals surface area contributed by atoms with Crippen molar-refractivity contribution in [3.8, 4) is 11.5 Å². The Hall–Kier alpha value is -2.01. The van der Waals surface area contributed by atoms with Gasteiger partial charge < -0.3 is 14.8 Å². The summed E-state index contributed by atoms with van der Waals surface area (Å²) < 4.78 is 12.4. The van der Waals surface area contributed by atoms with Gasteiger partial charge in [-0.05, 0) is 49.2 Å². The molecule has 0 aliphatic rings. The molecule has 0 aliphatic heterocycles. The Labute approximate surface area is 125 Å². The molecule has 0 radical (unpaired) electrons. The number of hydrogen-bond acceptors (Lipinski definition) is 4. The highest BCUT2D eigenvalue weighted by molar-refractivity contribution is 5.42. The average molecular weight is 289 g/mol. The zero-order valence-electron chi connectivity index (χ0n) is 12.9. The van der Waals surface area contributed by atoms with Gasteiger partial charge in [0.25, 0.3) is 0 Å². The first-order valence-corrected chi connectivity index (χ1v) is 7.12. The van der Waals surface area contributed by atoms with Gasteiger partial charge in [0.1, 0.15) is 0 Å². The fourth-order valence-electron chi connectivity index (χ4n) is 2.23. The molecule has 5 heteroatoms. The molecule has 1 heterocycles. The smallest absolute Gasteiger partial charge is 0.160 e. The van der Waals surface area contributed by atoms with Gasteiger partial charge in [0.2, 0.25) is 0 Å². The van der Waals surface area contributed by atoms with Gasteiger partial charge in [0, 0.05) is 13.2 Å². The molecule has 21 heavy (non-hydrogen) atoms. The maximum absolute atomic E-state index is 5.31. The van der Waals surface area contributed by atoms with E-state index in [1.54, 1.807) is 14.2 Å². The third-order valence-corrected chi connectivity index (χ3v) is 3.39. The number of methoxy groups -OCH3 is 2. The van der Waals surface area contributed by atoms with E-state index in [4.69, 9.17) is 9.47 Å². The van der Waals surface area contributed by atoms with Gasteiger partial charge in [-0.2, -0.15) is 5.10 Å². The van der Waals surface area contributed by atoms with Crippen LogP contribution in [0.2, 0.25) is 0 Å². The van der Waals surface area contributed by atoms with Gasteiger partial charge >= 0.3 is 0 Å². The molecule has 5 nitrogen and oxygen atoms in total. The van der Waals surface area contributed by atoms with Crippen LogP contribution < -0.4 is 14.8 Å². The molecule has 114 valence electrons. The van der Waals surface area contributed by atoms with E-state index in [1.165, 1.54) is 11.1 Å². The fraction of sp³-hybridized carbons (Fsp3) is 0.438. The molecule has 1 aromatic carbocycles. The number of benzene rings is 1. The maximum atomic E-state index is 5.31. The van der Waals surface area contributed by atoms with Crippen LogP contribution in [0.1, 0.15) is 11.1 Å². The standard InChI is InChI=1S/C16H23N3O2/c1-19-12-14(11-18-19)7-9-17-8-6-13-4-5-15(20-2)16(10-13)21-3/h4-5,10-12,17H,6-9H2,1-3H3. The predicted octanol–water partition coefficient (Wildman–Crippen LogP) is 1.81. The van der Waals surface area contributed by atoms with Crippen LogP contribution in [-0.2, 0) is 19.9 Å². The molecule has 0 saturated heterocycles. The van der Waals surface area contributed by atoms with Crippen molar-refractivity contribution in [1.29, 1.82) is 0 Å². The molecule has 0 spiro atoms. The quantitative estimate of drug-likeness (QED) is 0.753. The number of nitrogens with zero attached hydrogens (tertiary/aromatic N) is 2. The normalized spacial score (nSPS) is 10.6. The average Bonchev–Trinajstić information content (AvgIpc) is 2.92. The summed E-state index contributed by atoms with van der Waals surface area (Å²) in [5.41, 5.74) is 2.50. The lowest BCUT2D eigenvalue weighted by Gasteiger charge is -2.10. The largest absolute Gasteiger partial charge is 0.493 e. The summed E-state index contributed by atoms with van der Waals surface area (Å²) in [6.07, 6.45) is 5.93. The van der Waals surface area contributed by atoms with Crippen LogP contribution in [0.3, 0.4) is 0 Å². The van der Waals surface area contributed by atoms with Crippen molar-refractivity contribution in [1.82, 2.24) is 15.1 Å². The Kier molecular flexibility index (Phi) is 5.63. The van der Waals surface area contributed by atoms with Crippen molar-refractivity contribution >= 4 is 0 Å². The van der Waals surface area contributed by atoms with Crippen LogP contribution in [-0.4, -0.2) is 37.1 Å². The Bertz CT molecular complexity index is 566. The number of nitrogens with one attached hydrogen (secondary N) is 1. The summed E-state index contributed by atoms with van der Waals surface area (Å²) in [4.78, 5) is 0. The number of rotatable bonds is 8.